The van der Waals surface area contributed by atoms with E-state index in [1.54, 1.807) is 90.2 Å². The molecule has 14 heterocycles. The second kappa shape index (κ2) is 54.9. The lowest BCUT2D eigenvalue weighted by Crippen LogP contribution is -2.25. The lowest BCUT2D eigenvalue weighted by molar-refractivity contribution is 0.198. The molecule has 5 aliphatic rings. The third kappa shape index (κ3) is 50.5. The van der Waals surface area contributed by atoms with E-state index in [0.717, 1.165) is 130 Å². The predicted octanol–water partition coefficient (Wildman–Crippen LogP) is 12.0. The number of hydrogen-bond donors (Lipinski definition) is 0. The van der Waals surface area contributed by atoms with Crippen LogP contribution in [0.1, 0.15) is 126 Å². The third-order valence-corrected chi connectivity index (χ3v) is 15.6. The normalized spacial score (nSPS) is 13.0. The summed E-state index contributed by atoms with van der Waals surface area (Å²) in [6.07, 6.45) is 22.1. The molecule has 0 spiro atoms. The number of hydrogen-bond acceptors (Lipinski definition) is 28. The Morgan fingerprint density at radius 3 is 1.06 bits per heavy atom. The maximum Gasteiger partial charge on any atom is 0.327 e. The predicted molar refractivity (Wildman–Crippen MR) is 444 cm³/mol. The molecule has 1 saturated heterocycles. The number of urea groups is 1. The van der Waals surface area contributed by atoms with Crippen molar-refractivity contribution in [2.24, 2.45) is 34.5 Å². The highest BCUT2D eigenvalue weighted by molar-refractivity contribution is 8.14. The fourth-order valence-corrected chi connectivity index (χ4v) is 9.53. The third-order valence-electron chi connectivity index (χ3n) is 13.7. The average molecular weight is 1540 g/mol. The highest BCUT2D eigenvalue weighted by Gasteiger charge is 2.20. The van der Waals surface area contributed by atoms with Crippen molar-refractivity contribution in [3.63, 3.8) is 0 Å². The van der Waals surface area contributed by atoms with Gasteiger partial charge in [-0.05, 0) is 173 Å². The summed E-state index contributed by atoms with van der Waals surface area (Å²) in [7, 11) is 14.9. The quantitative estimate of drug-likeness (QED) is 0.136. The first-order valence-electron chi connectivity index (χ1n) is 35.2. The van der Waals surface area contributed by atoms with Gasteiger partial charge in [0.2, 0.25) is 5.90 Å². The van der Waals surface area contributed by atoms with Crippen molar-refractivity contribution in [3.05, 3.63) is 219 Å². The Morgan fingerprint density at radius 2 is 0.826 bits per heavy atom. The van der Waals surface area contributed by atoms with Crippen molar-refractivity contribution in [2.75, 3.05) is 86.8 Å². The topological polar surface area (TPSA) is 315 Å². The first kappa shape index (κ1) is 96.4. The van der Waals surface area contributed by atoms with Crippen LogP contribution in [0.25, 0.3) is 0 Å². The van der Waals surface area contributed by atoms with Crippen molar-refractivity contribution in [1.29, 1.82) is 0 Å². The van der Waals surface area contributed by atoms with Crippen LogP contribution in [0.3, 0.4) is 0 Å². The van der Waals surface area contributed by atoms with Gasteiger partial charge in [-0.25, -0.2) is 54.4 Å². The number of carbonyl (C=O) groups excluding carboxylic acids is 1. The van der Waals surface area contributed by atoms with Crippen molar-refractivity contribution in [2.45, 2.75) is 145 Å². The molecular formula is C77H119N27O3S2. The van der Waals surface area contributed by atoms with Gasteiger partial charge in [0.05, 0.1) is 38.7 Å². The molecule has 0 saturated carbocycles. The minimum absolute atomic E-state index is 0.0185. The summed E-state index contributed by atoms with van der Waals surface area (Å²) >= 11 is 3.61. The number of hydrazone groups is 4. The van der Waals surface area contributed by atoms with Gasteiger partial charge in [0.25, 0.3) is 0 Å². The Bertz CT molecular complexity index is 3590. The van der Waals surface area contributed by atoms with E-state index in [9.17, 15) is 9.59 Å². The van der Waals surface area contributed by atoms with Crippen LogP contribution in [0.2, 0.25) is 0 Å². The van der Waals surface area contributed by atoms with E-state index in [0.29, 0.717) is 6.73 Å². The van der Waals surface area contributed by atoms with E-state index in [2.05, 4.69) is 108 Å². The maximum atomic E-state index is 10.8. The largest absolute Gasteiger partial charge is 0.457 e. The smallest absolute Gasteiger partial charge is 0.327 e. The number of aromatic nitrogens is 17. The molecule has 30 nitrogen and oxygen atoms in total. The number of thioether (sulfide) groups is 2. The lowest BCUT2D eigenvalue weighted by Gasteiger charge is -2.17. The number of rotatable bonds is 0. The Kier molecular flexibility index (Phi) is 48.5. The van der Waals surface area contributed by atoms with Gasteiger partial charge < -0.3 is 23.7 Å². The lowest BCUT2D eigenvalue weighted by atomic mass is 10.3. The fourth-order valence-electron chi connectivity index (χ4n) is 8.05. The molecule has 0 N–H and O–H groups in total. The zero-order chi connectivity index (χ0) is 82.0. The molecular weight excluding hydrogens is 1420 g/mol. The number of nitrogens with zero attached hydrogens (tertiary/aromatic N) is 27. The van der Waals surface area contributed by atoms with Crippen LogP contribution < -0.4 is 5.69 Å². The van der Waals surface area contributed by atoms with Crippen molar-refractivity contribution in [1.82, 2.24) is 114 Å². The molecule has 1 fully saturated rings. The Balaban J connectivity index is 0.000000587. The van der Waals surface area contributed by atoms with Gasteiger partial charge in [0, 0.05) is 204 Å². The summed E-state index contributed by atoms with van der Waals surface area (Å²) in [5.74, 6) is 7.01. The van der Waals surface area contributed by atoms with E-state index < -0.39 is 0 Å². The highest BCUT2D eigenvalue weighted by Crippen LogP contribution is 2.13. The van der Waals surface area contributed by atoms with Gasteiger partial charge in [0.15, 0.2) is 6.73 Å². The number of ether oxygens (including phenoxy) is 1. The van der Waals surface area contributed by atoms with Crippen molar-refractivity contribution in [3.8, 4) is 0 Å². The van der Waals surface area contributed by atoms with Crippen LogP contribution in [0.5, 0.6) is 0 Å². The number of amides is 2. The number of likely N-dealkylation sites (N-methyl/N-ethyl adjacent to an activating group) is 2. The number of imidazole rings is 1. The van der Waals surface area contributed by atoms with Gasteiger partial charge in [0.1, 0.15) is 35.4 Å². The molecule has 32 heteroatoms. The zero-order valence-corrected chi connectivity index (χ0v) is 71.4. The molecule has 109 heavy (non-hydrogen) atoms. The Labute approximate surface area is 656 Å². The minimum atomic E-state index is 0.0185. The highest BCUT2D eigenvalue weighted by atomic mass is 32.2. The molecule has 14 rings (SSSR count). The van der Waals surface area contributed by atoms with Crippen molar-refractivity contribution >= 4 is 51.3 Å². The molecule has 2 amide bonds. The number of aryl methyl sites for hydroxylation is 18. The van der Waals surface area contributed by atoms with Gasteiger partial charge in [-0.3, -0.25) is 49.9 Å². The van der Waals surface area contributed by atoms with E-state index in [4.69, 9.17) is 4.74 Å². The fraction of sp³-hybridized carbons (Fsp3) is 0.468. The van der Waals surface area contributed by atoms with Gasteiger partial charge in [-0.1, -0.05) is 23.9 Å². The summed E-state index contributed by atoms with van der Waals surface area (Å²) in [5.41, 5.74) is 12.8. The monoisotopic (exact) mass is 1530 g/mol. The van der Waals surface area contributed by atoms with Crippen molar-refractivity contribution < 1.29 is 9.53 Å². The standard InChI is InChI=1S/2C7H9N.5C6H8N2.C5H7N3.C5H10N2O.C5H8N2O.C5H10N2S.C5H10N2.C4H8N2O.C4H8N2S/c1-6-3-4-7(2)8-5-6;1-6-4-3-5-7(2)8-6;1-5-3-8-6(2)4-7-5;1-5-3-7-4-6(2)8-5;1-5-3-7-6(2)8-4-5;2*1-5-3-4-7-6(2)8-5;1-4-6-3-7-5(2)8-4;2*1-6-3-4-7(2)5(6)8;1-5-6-7(2)3-4-8-5;1-5-3-4-7(2)6-5;2*1-4-5-6(2)3-7-4/h2*3-5H,1-2H3;5*3-4H,1-2H3;3H,1-2H3;3-4H2,1-2H3;3-4H,1-2H3;3-4H2,1-2H3;3-4H2,1-2H3;2*3H2,1-2H3. The Morgan fingerprint density at radius 1 is 0.367 bits per heavy atom. The Hall–Kier alpha value is -10.6. The molecule has 592 valence electrons. The van der Waals surface area contributed by atoms with E-state index in [-0.39, 0.29) is 11.7 Å². The van der Waals surface area contributed by atoms with Crippen LogP contribution in [0, 0.1) is 111 Å². The summed E-state index contributed by atoms with van der Waals surface area (Å²) in [4.78, 5) is 84.7. The molecule has 0 unspecified atom stereocenters. The molecule has 0 aromatic carbocycles. The van der Waals surface area contributed by atoms with E-state index >= 15 is 0 Å². The molecule has 9 aromatic heterocycles. The molecule has 0 aliphatic carbocycles. The SMILES string of the molecule is CC1=NN(C)CC1.CC1=NN(C)CCS1.CC1=NN(C)CO1.CC1=NN(C)CS1.CN1CCN(C)C1=O.Cc1ccc(C)nc1.Cc1cccc(C)n1.Cc1ccnc(C)n1.Cc1ccnc(C)n1.Cc1cnc(C)cn1.Cc1cnc(C)nc1.Cc1cncc(C)n1.Cc1ncnc(C)n1.Cn1ccn(C)c1=O. The summed E-state index contributed by atoms with van der Waals surface area (Å²) in [6, 6.07) is 14.0. The van der Waals surface area contributed by atoms with E-state index in [1.807, 2.05) is 256 Å². The minimum Gasteiger partial charge on any atom is -0.457 e. The summed E-state index contributed by atoms with van der Waals surface area (Å²) in [6.45, 7) is 43.4. The second-order valence-electron chi connectivity index (χ2n) is 25.2. The maximum absolute atomic E-state index is 10.8. The zero-order valence-electron chi connectivity index (χ0n) is 69.7. The second-order valence-corrected chi connectivity index (χ2v) is 27.6. The van der Waals surface area contributed by atoms with Gasteiger partial charge in [-0.15, -0.1) is 16.9 Å². The molecule has 5 aliphatic heterocycles. The molecule has 9 aromatic rings. The molecule has 0 atom stereocenters. The molecule has 0 bridgehead atoms. The van der Waals surface area contributed by atoms with Crippen LogP contribution >= 0.6 is 23.5 Å². The van der Waals surface area contributed by atoms with E-state index in [1.165, 1.54) is 42.6 Å². The first-order valence-corrected chi connectivity index (χ1v) is 37.1. The van der Waals surface area contributed by atoms with Crippen LogP contribution in [-0.2, 0) is 18.8 Å². The first-order chi connectivity index (χ1) is 51.4. The summed E-state index contributed by atoms with van der Waals surface area (Å²) < 4.78 is 8.00. The van der Waals surface area contributed by atoms with Crippen LogP contribution in [0.15, 0.2) is 142 Å². The molecule has 0 radical (unpaired) electrons. The van der Waals surface area contributed by atoms with Crippen LogP contribution in [0.4, 0.5) is 4.79 Å². The van der Waals surface area contributed by atoms with Crippen LogP contribution in [-0.4, -0.2) is 228 Å². The van der Waals surface area contributed by atoms with Gasteiger partial charge >= 0.3 is 11.7 Å². The number of carbonyl (C=O) groups is 1. The number of pyridine rings is 2. The van der Waals surface area contributed by atoms with Gasteiger partial charge in [-0.2, -0.15) is 15.3 Å². The summed E-state index contributed by atoms with van der Waals surface area (Å²) in [5, 5.41) is 26.3. The average Bonchev–Trinajstić information content (AvgIpc) is 1.77.